The molecule has 5 heteroatoms. The Morgan fingerprint density at radius 1 is 1.00 bits per heavy atom. The van der Waals surface area contributed by atoms with E-state index in [1.54, 1.807) is 0 Å². The summed E-state index contributed by atoms with van der Waals surface area (Å²) in [6.45, 7) is 1.97. The number of amides is 1. The van der Waals surface area contributed by atoms with Crippen LogP contribution in [-0.4, -0.2) is 16.1 Å². The fourth-order valence-corrected chi connectivity index (χ4v) is 2.22. The van der Waals surface area contributed by atoms with Crippen molar-refractivity contribution in [3.05, 3.63) is 54.6 Å². The van der Waals surface area contributed by atoms with Crippen LogP contribution in [0.15, 0.2) is 59.0 Å². The van der Waals surface area contributed by atoms with Gasteiger partial charge >= 0.3 is 0 Å². The van der Waals surface area contributed by atoms with E-state index in [4.69, 9.17) is 4.42 Å². The van der Waals surface area contributed by atoms with Crippen molar-refractivity contribution in [3.63, 3.8) is 0 Å². The summed E-state index contributed by atoms with van der Waals surface area (Å²) in [5.74, 6) is 0.900. The summed E-state index contributed by atoms with van der Waals surface area (Å²) < 4.78 is 5.73. The Labute approximate surface area is 134 Å². The minimum absolute atomic E-state index is 0.000142. The molecule has 116 valence electrons. The molecule has 3 aromatic rings. The fourth-order valence-electron chi connectivity index (χ4n) is 2.22. The van der Waals surface area contributed by atoms with Gasteiger partial charge in [0.1, 0.15) is 0 Å². The van der Waals surface area contributed by atoms with Gasteiger partial charge < -0.3 is 9.73 Å². The van der Waals surface area contributed by atoms with Gasteiger partial charge in [0, 0.05) is 23.2 Å². The van der Waals surface area contributed by atoms with E-state index in [0.29, 0.717) is 18.2 Å². The lowest BCUT2D eigenvalue weighted by molar-refractivity contribution is -0.116. The van der Waals surface area contributed by atoms with E-state index < -0.39 is 0 Å². The number of carbonyl (C=O) groups is 1. The van der Waals surface area contributed by atoms with Gasteiger partial charge in [-0.15, -0.1) is 10.2 Å². The lowest BCUT2D eigenvalue weighted by Crippen LogP contribution is -2.10. The molecule has 23 heavy (non-hydrogen) atoms. The minimum atomic E-state index is 0.000142. The average molecular weight is 307 g/mol. The molecule has 0 aliphatic rings. The van der Waals surface area contributed by atoms with Crippen molar-refractivity contribution in [3.8, 4) is 22.9 Å². The molecule has 0 saturated carbocycles. The molecule has 1 amide bonds. The second-order valence-corrected chi connectivity index (χ2v) is 5.16. The molecule has 0 bridgehead atoms. The number of carbonyl (C=O) groups excluding carboxylic acids is 1. The molecule has 2 aromatic carbocycles. The summed E-state index contributed by atoms with van der Waals surface area (Å²) in [6.07, 6.45) is 1.32. The maximum Gasteiger partial charge on any atom is 0.248 e. The van der Waals surface area contributed by atoms with Gasteiger partial charge in [0.15, 0.2) is 0 Å². The molecule has 1 aromatic heterocycles. The Balaban J connectivity index is 1.82. The quantitative estimate of drug-likeness (QED) is 0.769. The van der Waals surface area contributed by atoms with E-state index in [-0.39, 0.29) is 5.91 Å². The van der Waals surface area contributed by atoms with Crippen molar-refractivity contribution in [1.82, 2.24) is 10.2 Å². The van der Waals surface area contributed by atoms with Crippen LogP contribution in [0.1, 0.15) is 19.8 Å². The Morgan fingerprint density at radius 2 is 1.70 bits per heavy atom. The van der Waals surface area contributed by atoms with E-state index in [1.165, 1.54) is 0 Å². The highest BCUT2D eigenvalue weighted by Gasteiger charge is 2.11. The molecular formula is C18H17N3O2. The van der Waals surface area contributed by atoms with E-state index in [0.717, 1.165) is 23.2 Å². The highest BCUT2D eigenvalue weighted by molar-refractivity contribution is 5.91. The third kappa shape index (κ3) is 3.63. The third-order valence-corrected chi connectivity index (χ3v) is 3.32. The van der Waals surface area contributed by atoms with Gasteiger partial charge in [-0.2, -0.15) is 0 Å². The first-order valence-corrected chi connectivity index (χ1v) is 7.55. The van der Waals surface area contributed by atoms with Gasteiger partial charge in [-0.1, -0.05) is 31.2 Å². The molecule has 0 atom stereocenters. The number of aromatic nitrogens is 2. The van der Waals surface area contributed by atoms with E-state index in [1.807, 2.05) is 61.5 Å². The normalized spacial score (nSPS) is 10.5. The topological polar surface area (TPSA) is 68.0 Å². The Hall–Kier alpha value is -2.95. The first kappa shape index (κ1) is 15.0. The molecule has 0 unspecified atom stereocenters. The van der Waals surface area contributed by atoms with Crippen molar-refractivity contribution in [2.75, 3.05) is 5.32 Å². The van der Waals surface area contributed by atoms with Crippen molar-refractivity contribution in [2.45, 2.75) is 19.8 Å². The molecule has 5 nitrogen and oxygen atoms in total. The number of anilines is 1. The summed E-state index contributed by atoms with van der Waals surface area (Å²) in [5.41, 5.74) is 2.37. The first-order valence-electron chi connectivity index (χ1n) is 7.55. The lowest BCUT2D eigenvalue weighted by Gasteiger charge is -2.05. The Kier molecular flexibility index (Phi) is 4.47. The number of rotatable bonds is 5. The molecule has 0 radical (unpaired) electrons. The van der Waals surface area contributed by atoms with Crippen LogP contribution in [0.5, 0.6) is 0 Å². The summed E-state index contributed by atoms with van der Waals surface area (Å²) >= 11 is 0. The fraction of sp³-hybridized carbons (Fsp3) is 0.167. The predicted molar refractivity (Wildman–Crippen MR) is 88.7 cm³/mol. The van der Waals surface area contributed by atoms with Gasteiger partial charge in [0.25, 0.3) is 0 Å². The van der Waals surface area contributed by atoms with Gasteiger partial charge in [-0.25, -0.2) is 0 Å². The molecule has 0 saturated heterocycles. The van der Waals surface area contributed by atoms with Gasteiger partial charge in [-0.05, 0) is 36.8 Å². The average Bonchev–Trinajstić information content (AvgIpc) is 3.06. The number of hydrogen-bond donors (Lipinski definition) is 1. The third-order valence-electron chi connectivity index (χ3n) is 3.32. The predicted octanol–water partition coefficient (Wildman–Crippen LogP) is 4.14. The second kappa shape index (κ2) is 6.87. The van der Waals surface area contributed by atoms with Crippen molar-refractivity contribution >= 4 is 11.6 Å². The summed E-state index contributed by atoms with van der Waals surface area (Å²) in [4.78, 5) is 11.7. The number of nitrogens with zero attached hydrogens (tertiary/aromatic N) is 2. The zero-order chi connectivity index (χ0) is 16.1. The zero-order valence-corrected chi connectivity index (χ0v) is 12.8. The van der Waals surface area contributed by atoms with E-state index in [2.05, 4.69) is 15.5 Å². The largest absolute Gasteiger partial charge is 0.416 e. The Morgan fingerprint density at radius 3 is 2.43 bits per heavy atom. The Bertz CT molecular complexity index is 797. The van der Waals surface area contributed by atoms with Crippen molar-refractivity contribution in [2.24, 2.45) is 0 Å². The minimum Gasteiger partial charge on any atom is -0.416 e. The van der Waals surface area contributed by atoms with Crippen LogP contribution in [0.2, 0.25) is 0 Å². The van der Waals surface area contributed by atoms with Crippen LogP contribution in [0, 0.1) is 0 Å². The van der Waals surface area contributed by atoms with Crippen LogP contribution < -0.4 is 5.32 Å². The van der Waals surface area contributed by atoms with Crippen LogP contribution in [-0.2, 0) is 4.79 Å². The number of hydrogen-bond acceptors (Lipinski definition) is 4. The molecule has 3 rings (SSSR count). The maximum absolute atomic E-state index is 11.7. The van der Waals surface area contributed by atoms with E-state index >= 15 is 0 Å². The van der Waals surface area contributed by atoms with Gasteiger partial charge in [0.2, 0.25) is 17.7 Å². The maximum atomic E-state index is 11.7. The van der Waals surface area contributed by atoms with Crippen LogP contribution in [0.25, 0.3) is 22.9 Å². The van der Waals surface area contributed by atoms with Crippen LogP contribution in [0.4, 0.5) is 5.69 Å². The monoisotopic (exact) mass is 307 g/mol. The first-order chi connectivity index (χ1) is 11.3. The molecule has 1 heterocycles. The smallest absolute Gasteiger partial charge is 0.248 e. The molecule has 0 aliphatic heterocycles. The molecule has 1 N–H and O–H groups in total. The molecule has 0 aliphatic carbocycles. The summed E-state index contributed by atoms with van der Waals surface area (Å²) in [5, 5.41) is 11.0. The van der Waals surface area contributed by atoms with E-state index in [9.17, 15) is 4.79 Å². The number of nitrogens with one attached hydrogen (secondary N) is 1. The summed E-state index contributed by atoms with van der Waals surface area (Å²) in [7, 11) is 0. The zero-order valence-electron chi connectivity index (χ0n) is 12.8. The second-order valence-electron chi connectivity index (χ2n) is 5.16. The highest BCUT2D eigenvalue weighted by atomic mass is 16.4. The lowest BCUT2D eigenvalue weighted by atomic mass is 10.2. The van der Waals surface area contributed by atoms with Crippen molar-refractivity contribution < 1.29 is 9.21 Å². The standard InChI is InChI=1S/C18H17N3O2/c1-2-7-16(22)19-15-11-6-10-14(12-15)18-21-20-17(23-18)13-8-4-3-5-9-13/h3-6,8-12H,2,7H2,1H3,(H,19,22). The summed E-state index contributed by atoms with van der Waals surface area (Å²) in [6, 6.07) is 17.0. The number of benzene rings is 2. The van der Waals surface area contributed by atoms with Gasteiger partial charge in [-0.3, -0.25) is 4.79 Å². The van der Waals surface area contributed by atoms with Gasteiger partial charge in [0.05, 0.1) is 0 Å². The SMILES string of the molecule is CCCC(=O)Nc1cccc(-c2nnc(-c3ccccc3)o2)c1. The highest BCUT2D eigenvalue weighted by Crippen LogP contribution is 2.25. The van der Waals surface area contributed by atoms with Crippen LogP contribution >= 0.6 is 0 Å². The van der Waals surface area contributed by atoms with Crippen LogP contribution in [0.3, 0.4) is 0 Å². The molecule has 0 spiro atoms. The van der Waals surface area contributed by atoms with Crippen molar-refractivity contribution in [1.29, 1.82) is 0 Å². The molecular weight excluding hydrogens is 290 g/mol. The molecule has 0 fully saturated rings.